The largest absolute Gasteiger partial charge is 0.490 e. The minimum absolute atomic E-state index is 0.102. The van der Waals surface area contributed by atoms with E-state index in [1.807, 2.05) is 30.3 Å². The van der Waals surface area contributed by atoms with Gasteiger partial charge < -0.3 is 18.9 Å². The second-order valence-corrected chi connectivity index (χ2v) is 7.98. The van der Waals surface area contributed by atoms with Gasteiger partial charge in [0.15, 0.2) is 12.4 Å². The molecule has 6 nitrogen and oxygen atoms in total. The maximum atomic E-state index is 12.1. The van der Waals surface area contributed by atoms with Crippen LogP contribution < -0.4 is 14.2 Å². The second-order valence-electron chi connectivity index (χ2n) is 6.28. The fourth-order valence-corrected chi connectivity index (χ4v) is 3.88. The van der Waals surface area contributed by atoms with Crippen molar-refractivity contribution < 1.29 is 28.5 Å². The van der Waals surface area contributed by atoms with E-state index >= 15 is 0 Å². The quantitative estimate of drug-likeness (QED) is 0.189. The van der Waals surface area contributed by atoms with Crippen molar-refractivity contribution in [2.45, 2.75) is 0 Å². The van der Waals surface area contributed by atoms with Crippen molar-refractivity contribution in [3.8, 4) is 17.2 Å². The van der Waals surface area contributed by atoms with Crippen LogP contribution in [-0.2, 0) is 9.53 Å². The van der Waals surface area contributed by atoms with Gasteiger partial charge in [-0.1, -0.05) is 41.4 Å². The third kappa shape index (κ3) is 7.15. The molecular formula is C23H17BrCl2O6. The molecule has 3 rings (SSSR count). The molecule has 166 valence electrons. The van der Waals surface area contributed by atoms with Crippen LogP contribution in [0.25, 0.3) is 0 Å². The van der Waals surface area contributed by atoms with E-state index in [4.69, 9.17) is 42.1 Å². The van der Waals surface area contributed by atoms with Gasteiger partial charge in [-0.25, -0.2) is 9.59 Å². The molecule has 3 aromatic rings. The van der Waals surface area contributed by atoms with Crippen LogP contribution in [0.5, 0.6) is 17.2 Å². The zero-order valence-electron chi connectivity index (χ0n) is 16.6. The molecule has 0 aliphatic heterocycles. The van der Waals surface area contributed by atoms with Crippen LogP contribution >= 0.6 is 39.1 Å². The zero-order valence-corrected chi connectivity index (χ0v) is 19.7. The van der Waals surface area contributed by atoms with Gasteiger partial charge in [0.2, 0.25) is 0 Å². The third-order valence-corrected chi connectivity index (χ3v) is 5.04. The summed E-state index contributed by atoms with van der Waals surface area (Å²) in [7, 11) is 0. The Morgan fingerprint density at radius 2 is 1.56 bits per heavy atom. The molecule has 0 saturated heterocycles. The molecule has 0 N–H and O–H groups in total. The Hall–Kier alpha value is -2.74. The van der Waals surface area contributed by atoms with E-state index in [9.17, 15) is 9.59 Å². The topological polar surface area (TPSA) is 71.1 Å². The summed E-state index contributed by atoms with van der Waals surface area (Å²) < 4.78 is 21.8. The molecule has 0 fully saturated rings. The van der Waals surface area contributed by atoms with Gasteiger partial charge in [0.1, 0.15) is 24.7 Å². The normalized spacial score (nSPS) is 10.3. The van der Waals surface area contributed by atoms with Crippen LogP contribution in [0.4, 0.5) is 0 Å². The van der Waals surface area contributed by atoms with Gasteiger partial charge in [0.25, 0.3) is 0 Å². The summed E-state index contributed by atoms with van der Waals surface area (Å²) in [6.45, 7) is -0.0328. The number of rotatable bonds is 9. The SMILES string of the molecule is O=C(COc1c(Cl)cc(Cl)cc1Br)Oc1ccc(C(=O)OCCOc2ccccc2)cc1. The second kappa shape index (κ2) is 11.8. The number of esters is 2. The Kier molecular flexibility index (Phi) is 8.79. The highest BCUT2D eigenvalue weighted by molar-refractivity contribution is 9.10. The lowest BCUT2D eigenvalue weighted by Crippen LogP contribution is -2.18. The van der Waals surface area contributed by atoms with Crippen LogP contribution in [0.1, 0.15) is 10.4 Å². The Balaban J connectivity index is 1.43. The summed E-state index contributed by atoms with van der Waals surface area (Å²) in [5.74, 6) is 0.0805. The van der Waals surface area contributed by atoms with Crippen molar-refractivity contribution in [2.75, 3.05) is 19.8 Å². The van der Waals surface area contributed by atoms with E-state index in [1.165, 1.54) is 30.3 Å². The maximum absolute atomic E-state index is 12.1. The molecule has 0 radical (unpaired) electrons. The standard InChI is InChI=1S/C23H17BrCl2O6/c24-19-12-16(25)13-20(26)22(19)31-14-21(27)32-18-8-6-15(7-9-18)23(28)30-11-10-29-17-4-2-1-3-5-17/h1-9,12-13H,10-11,14H2. The smallest absolute Gasteiger partial charge is 0.349 e. The maximum Gasteiger partial charge on any atom is 0.349 e. The van der Waals surface area contributed by atoms with E-state index in [-0.39, 0.29) is 36.3 Å². The summed E-state index contributed by atoms with van der Waals surface area (Å²) in [4.78, 5) is 24.2. The molecule has 3 aromatic carbocycles. The highest BCUT2D eigenvalue weighted by atomic mass is 79.9. The number of hydrogen-bond donors (Lipinski definition) is 0. The number of carbonyl (C=O) groups excluding carboxylic acids is 2. The van der Waals surface area contributed by atoms with Crippen molar-refractivity contribution in [2.24, 2.45) is 0 Å². The van der Waals surface area contributed by atoms with Gasteiger partial charge in [0, 0.05) is 5.02 Å². The predicted octanol–water partition coefficient (Wildman–Crippen LogP) is 5.98. The molecule has 0 atom stereocenters. The van der Waals surface area contributed by atoms with Crippen LogP contribution in [0.15, 0.2) is 71.2 Å². The van der Waals surface area contributed by atoms with Gasteiger partial charge in [-0.3, -0.25) is 0 Å². The molecule has 0 aliphatic carbocycles. The van der Waals surface area contributed by atoms with Gasteiger partial charge in [-0.2, -0.15) is 0 Å². The molecule has 9 heteroatoms. The highest BCUT2D eigenvalue weighted by Gasteiger charge is 2.13. The number of ether oxygens (including phenoxy) is 4. The molecule has 0 amide bonds. The summed E-state index contributed by atoms with van der Waals surface area (Å²) in [5, 5.41) is 0.688. The minimum atomic E-state index is -0.642. The summed E-state index contributed by atoms with van der Waals surface area (Å²) in [6, 6.07) is 18.3. The van der Waals surface area contributed by atoms with E-state index in [0.717, 1.165) is 0 Å². The average Bonchev–Trinajstić information content (AvgIpc) is 2.77. The summed E-state index contributed by atoms with van der Waals surface area (Å²) >= 11 is 15.2. The van der Waals surface area contributed by atoms with Gasteiger partial charge in [-0.05, 0) is 64.5 Å². The summed E-state index contributed by atoms with van der Waals surface area (Å²) in [6.07, 6.45) is 0. The highest BCUT2D eigenvalue weighted by Crippen LogP contribution is 2.36. The first-order valence-corrected chi connectivity index (χ1v) is 10.9. The molecule has 0 spiro atoms. The Morgan fingerprint density at radius 1 is 0.844 bits per heavy atom. The van der Waals surface area contributed by atoms with Crippen LogP contribution in [0, 0.1) is 0 Å². The Morgan fingerprint density at radius 3 is 2.25 bits per heavy atom. The van der Waals surface area contributed by atoms with Crippen molar-refractivity contribution in [3.63, 3.8) is 0 Å². The molecule has 0 saturated carbocycles. The first-order valence-electron chi connectivity index (χ1n) is 9.35. The molecule has 0 unspecified atom stereocenters. The van der Waals surface area contributed by atoms with E-state index in [2.05, 4.69) is 15.9 Å². The molecule has 0 heterocycles. The molecular weight excluding hydrogens is 523 g/mol. The van der Waals surface area contributed by atoms with Crippen molar-refractivity contribution in [3.05, 3.63) is 86.8 Å². The molecule has 0 aliphatic rings. The number of para-hydroxylation sites is 1. The van der Waals surface area contributed by atoms with Gasteiger partial charge in [0.05, 0.1) is 15.1 Å². The first kappa shape index (κ1) is 23.9. The lowest BCUT2D eigenvalue weighted by molar-refractivity contribution is -0.136. The van der Waals surface area contributed by atoms with Crippen molar-refractivity contribution in [1.29, 1.82) is 0 Å². The number of benzene rings is 3. The lowest BCUT2D eigenvalue weighted by Gasteiger charge is -2.10. The molecule has 0 aromatic heterocycles. The van der Waals surface area contributed by atoms with Crippen molar-refractivity contribution in [1.82, 2.24) is 0 Å². The summed E-state index contributed by atoms with van der Waals surface area (Å²) in [5.41, 5.74) is 0.317. The number of halogens is 3. The van der Waals surface area contributed by atoms with Crippen molar-refractivity contribution >= 4 is 51.1 Å². The van der Waals surface area contributed by atoms with Gasteiger partial charge >= 0.3 is 11.9 Å². The third-order valence-electron chi connectivity index (χ3n) is 3.95. The van der Waals surface area contributed by atoms with Crippen LogP contribution in [-0.4, -0.2) is 31.8 Å². The number of carbonyl (C=O) groups is 2. The average molecular weight is 540 g/mol. The van der Waals surface area contributed by atoms with E-state index < -0.39 is 11.9 Å². The predicted molar refractivity (Wildman–Crippen MR) is 124 cm³/mol. The Labute approximate surface area is 203 Å². The Bertz CT molecular complexity index is 1050. The fourth-order valence-electron chi connectivity index (χ4n) is 2.51. The fraction of sp³-hybridized carbons (Fsp3) is 0.130. The van der Waals surface area contributed by atoms with Gasteiger partial charge in [-0.15, -0.1) is 0 Å². The minimum Gasteiger partial charge on any atom is -0.490 e. The monoisotopic (exact) mass is 538 g/mol. The van der Waals surface area contributed by atoms with E-state index in [0.29, 0.717) is 20.8 Å². The zero-order chi connectivity index (χ0) is 22.9. The molecule has 32 heavy (non-hydrogen) atoms. The van der Waals surface area contributed by atoms with Crippen LogP contribution in [0.2, 0.25) is 10.0 Å². The van der Waals surface area contributed by atoms with E-state index in [1.54, 1.807) is 6.07 Å². The van der Waals surface area contributed by atoms with Crippen LogP contribution in [0.3, 0.4) is 0 Å². The first-order chi connectivity index (χ1) is 15.4. The number of hydrogen-bond acceptors (Lipinski definition) is 6. The molecule has 0 bridgehead atoms. The lowest BCUT2D eigenvalue weighted by atomic mass is 10.2.